The number of benzene rings is 1. The summed E-state index contributed by atoms with van der Waals surface area (Å²) in [6.45, 7) is 2.22. The highest BCUT2D eigenvalue weighted by atomic mass is 32.1. The molecule has 7 N–H and O–H groups in total. The summed E-state index contributed by atoms with van der Waals surface area (Å²) in [6.07, 6.45) is 0.291. The van der Waals surface area contributed by atoms with Gasteiger partial charge in [-0.05, 0) is 25.1 Å². The van der Waals surface area contributed by atoms with Crippen LogP contribution in [0.5, 0.6) is 5.75 Å². The number of nitrogens with zero attached hydrogens (tertiary/aromatic N) is 1. The molecule has 1 unspecified atom stereocenters. The number of nitrogens with two attached hydrogens (primary N) is 3. The summed E-state index contributed by atoms with van der Waals surface area (Å²) < 4.78 is 10.9. The van der Waals surface area contributed by atoms with Crippen LogP contribution in [0, 0.1) is 0 Å². The second-order valence-corrected chi connectivity index (χ2v) is 6.98. The third-order valence-electron chi connectivity index (χ3n) is 4.40. The molecule has 1 saturated heterocycles. The van der Waals surface area contributed by atoms with Gasteiger partial charge in [0.25, 0.3) is 5.91 Å². The van der Waals surface area contributed by atoms with Crippen molar-refractivity contribution in [1.82, 2.24) is 5.32 Å². The predicted octanol–water partition coefficient (Wildman–Crippen LogP) is -0.0529. The Bertz CT molecular complexity index is 827. The maximum Gasteiger partial charge on any atom is 0.271 e. The Morgan fingerprint density at radius 3 is 2.64 bits per heavy atom. The molecule has 9 nitrogen and oxygen atoms in total. The zero-order valence-corrected chi connectivity index (χ0v) is 16.7. The molecule has 2 rings (SSSR count). The summed E-state index contributed by atoms with van der Waals surface area (Å²) in [5.41, 5.74) is 17.2. The fourth-order valence-corrected chi connectivity index (χ4v) is 2.70. The van der Waals surface area contributed by atoms with Gasteiger partial charge in [-0.3, -0.25) is 14.6 Å². The van der Waals surface area contributed by atoms with Crippen LogP contribution >= 0.6 is 12.6 Å². The molecule has 1 aromatic rings. The average molecular weight is 407 g/mol. The van der Waals surface area contributed by atoms with Gasteiger partial charge in [0.15, 0.2) is 0 Å². The molecule has 0 aliphatic carbocycles. The Hall–Kier alpha value is -2.72. The molecule has 2 amide bonds. The molecule has 28 heavy (non-hydrogen) atoms. The van der Waals surface area contributed by atoms with Gasteiger partial charge in [-0.25, -0.2) is 0 Å². The summed E-state index contributed by atoms with van der Waals surface area (Å²) in [4.78, 5) is 29.3. The summed E-state index contributed by atoms with van der Waals surface area (Å²) in [6, 6.07) is 4.85. The lowest BCUT2D eigenvalue weighted by Crippen LogP contribution is -2.59. The van der Waals surface area contributed by atoms with Gasteiger partial charge in [-0.2, -0.15) is 0 Å². The third kappa shape index (κ3) is 4.76. The lowest BCUT2D eigenvalue weighted by atomic mass is 9.96. The molecule has 0 aromatic heterocycles. The van der Waals surface area contributed by atoms with Gasteiger partial charge >= 0.3 is 0 Å². The Morgan fingerprint density at radius 1 is 1.39 bits per heavy atom. The molecule has 152 valence electrons. The van der Waals surface area contributed by atoms with Crippen molar-refractivity contribution in [3.8, 4) is 5.75 Å². The van der Waals surface area contributed by atoms with Crippen molar-refractivity contribution in [2.75, 3.05) is 32.6 Å². The van der Waals surface area contributed by atoms with E-state index >= 15 is 0 Å². The van der Waals surface area contributed by atoms with Crippen molar-refractivity contribution in [3.05, 3.63) is 34.4 Å². The number of primary amides is 1. The molecule has 0 bridgehead atoms. The van der Waals surface area contributed by atoms with Crippen LogP contribution in [-0.2, 0) is 14.3 Å². The molecule has 0 radical (unpaired) electrons. The summed E-state index contributed by atoms with van der Waals surface area (Å²) in [5, 5.41) is 2.65. The quantitative estimate of drug-likeness (QED) is 0.242. The van der Waals surface area contributed by atoms with E-state index in [1.807, 2.05) is 0 Å². The molecule has 1 heterocycles. The molecule has 1 atom stereocenters. The van der Waals surface area contributed by atoms with Crippen molar-refractivity contribution >= 4 is 35.8 Å². The summed E-state index contributed by atoms with van der Waals surface area (Å²) >= 11 is 4.25. The van der Waals surface area contributed by atoms with Gasteiger partial charge in [0.05, 0.1) is 6.61 Å². The number of carbonyl (C=O) groups is 2. The number of ether oxygens (including phenoxy) is 2. The highest BCUT2D eigenvalue weighted by Gasteiger charge is 2.43. The van der Waals surface area contributed by atoms with E-state index in [2.05, 4.69) is 22.9 Å². The van der Waals surface area contributed by atoms with Gasteiger partial charge in [0.2, 0.25) is 5.91 Å². The second kappa shape index (κ2) is 8.98. The maximum atomic E-state index is 12.8. The van der Waals surface area contributed by atoms with Crippen LogP contribution in [-0.4, -0.2) is 49.9 Å². The summed E-state index contributed by atoms with van der Waals surface area (Å²) in [5.74, 6) is -0.785. The van der Waals surface area contributed by atoms with Crippen molar-refractivity contribution in [2.45, 2.75) is 18.9 Å². The zero-order chi connectivity index (χ0) is 20.9. The Morgan fingerprint density at radius 2 is 2.11 bits per heavy atom. The number of nitrogens with one attached hydrogen (secondary N) is 1. The first-order chi connectivity index (χ1) is 13.2. The fraction of sp³-hybridized carbons (Fsp3) is 0.389. The molecule has 1 fully saturated rings. The van der Waals surface area contributed by atoms with E-state index in [-0.39, 0.29) is 18.9 Å². The van der Waals surface area contributed by atoms with Gasteiger partial charge in [-0.15, -0.1) is 12.6 Å². The number of carbonyl (C=O) groups excluding carboxylic acids is 2. The summed E-state index contributed by atoms with van der Waals surface area (Å²) in [7, 11) is 1.45. The van der Waals surface area contributed by atoms with Crippen LogP contribution < -0.4 is 27.3 Å². The normalized spacial score (nSPS) is 20.5. The predicted molar refractivity (Wildman–Crippen MR) is 110 cm³/mol. The second-order valence-electron chi connectivity index (χ2n) is 6.44. The monoisotopic (exact) mass is 407 g/mol. The van der Waals surface area contributed by atoms with E-state index in [1.165, 1.54) is 7.05 Å². The number of allylic oxidation sites excluding steroid dienone is 1. The first kappa shape index (κ1) is 21.6. The minimum Gasteiger partial charge on any atom is -0.488 e. The number of rotatable bonds is 7. The van der Waals surface area contributed by atoms with Crippen LogP contribution in [0.15, 0.2) is 33.8 Å². The van der Waals surface area contributed by atoms with E-state index < -0.39 is 17.4 Å². The van der Waals surface area contributed by atoms with Gasteiger partial charge < -0.3 is 32.0 Å². The largest absolute Gasteiger partial charge is 0.488 e. The molecule has 0 saturated carbocycles. The van der Waals surface area contributed by atoms with Crippen LogP contribution in [0.1, 0.15) is 18.9 Å². The van der Waals surface area contributed by atoms with Crippen molar-refractivity contribution in [2.24, 2.45) is 16.5 Å². The minimum absolute atomic E-state index is 0.0131. The van der Waals surface area contributed by atoms with Crippen molar-refractivity contribution in [3.63, 3.8) is 0 Å². The average Bonchev–Trinajstić information content (AvgIpc) is 3.12. The maximum absolute atomic E-state index is 12.8. The van der Waals surface area contributed by atoms with E-state index in [1.54, 1.807) is 25.1 Å². The number of hydrogen-bond acceptors (Lipinski definition) is 8. The van der Waals surface area contributed by atoms with Crippen LogP contribution in [0.25, 0.3) is 0 Å². The highest BCUT2D eigenvalue weighted by molar-refractivity contribution is 7.84. The first-order valence-electron chi connectivity index (χ1n) is 8.54. The zero-order valence-electron chi connectivity index (χ0n) is 15.8. The lowest BCUT2D eigenvalue weighted by molar-refractivity contribution is -0.129. The van der Waals surface area contributed by atoms with E-state index in [9.17, 15) is 9.59 Å². The molecule has 10 heteroatoms. The smallest absolute Gasteiger partial charge is 0.271 e. The molecule has 1 aliphatic rings. The molecular formula is C18H25N5O4S. The van der Waals surface area contributed by atoms with Crippen LogP contribution in [0.2, 0.25) is 0 Å². The lowest BCUT2D eigenvalue weighted by Gasteiger charge is -2.25. The number of aliphatic imine (C=N–C) groups is 1. The van der Waals surface area contributed by atoms with E-state index in [4.69, 9.17) is 26.7 Å². The number of nitrogen functional groups attached to an aromatic ring is 1. The van der Waals surface area contributed by atoms with E-state index in [0.29, 0.717) is 40.6 Å². The van der Waals surface area contributed by atoms with Crippen molar-refractivity contribution in [1.29, 1.82) is 0 Å². The molecule has 0 spiro atoms. The number of thiol groups is 1. The molecule has 1 aliphatic heterocycles. The van der Waals surface area contributed by atoms with Gasteiger partial charge in [0.1, 0.15) is 23.6 Å². The Labute approximate surface area is 168 Å². The third-order valence-corrected chi connectivity index (χ3v) is 4.88. The molecular weight excluding hydrogens is 382 g/mol. The highest BCUT2D eigenvalue weighted by Crippen LogP contribution is 2.23. The Balaban J connectivity index is 2.25. The number of hydrogen-bond donors (Lipinski definition) is 5. The fourth-order valence-electron chi connectivity index (χ4n) is 2.64. The SMILES string of the molecule is CN=C(C(=O)NC1(C(N)=O)CCOC1)c1cc(OC/C(S)=C(\C)N)ccc1N. The van der Waals surface area contributed by atoms with Crippen LogP contribution in [0.4, 0.5) is 5.69 Å². The standard InChI is InChI=1S/C18H25N5O4S/c1-10(19)14(28)8-27-11-3-4-13(20)12(7-11)15(22-2)16(24)23-18(17(21)25)5-6-26-9-18/h3-4,7,28H,5-6,8-9,19-20H2,1-2H3,(H2,21,25)(H,23,24)/b14-10-,22-15?. The van der Waals surface area contributed by atoms with E-state index in [0.717, 1.165) is 0 Å². The number of amides is 2. The topological polar surface area (TPSA) is 155 Å². The Kier molecular flexibility index (Phi) is 6.92. The van der Waals surface area contributed by atoms with Crippen molar-refractivity contribution < 1.29 is 19.1 Å². The first-order valence-corrected chi connectivity index (χ1v) is 8.98. The minimum atomic E-state index is -1.26. The molecule has 1 aromatic carbocycles. The van der Waals surface area contributed by atoms with Gasteiger partial charge in [-0.1, -0.05) is 0 Å². The van der Waals surface area contributed by atoms with Crippen LogP contribution in [0.3, 0.4) is 0 Å². The number of anilines is 1. The van der Waals surface area contributed by atoms with Gasteiger partial charge in [0, 0.05) is 41.9 Å².